The molecule has 1 heterocycles. The normalized spacial score (nSPS) is 10.7. The molecule has 0 aliphatic heterocycles. The van der Waals surface area contributed by atoms with Gasteiger partial charge in [-0.3, -0.25) is 4.98 Å². The van der Waals surface area contributed by atoms with Gasteiger partial charge in [-0.2, -0.15) is 0 Å². The van der Waals surface area contributed by atoms with Gasteiger partial charge in [-0.25, -0.2) is 0 Å². The third-order valence-corrected chi connectivity index (χ3v) is 3.67. The van der Waals surface area contributed by atoms with Gasteiger partial charge in [0.2, 0.25) is 0 Å². The van der Waals surface area contributed by atoms with E-state index in [1.165, 1.54) is 5.56 Å². The van der Waals surface area contributed by atoms with Crippen LogP contribution in [0.3, 0.4) is 0 Å². The van der Waals surface area contributed by atoms with Crippen molar-refractivity contribution in [3.05, 3.63) is 64.8 Å². The summed E-state index contributed by atoms with van der Waals surface area (Å²) in [4.78, 5) is 4.36. The minimum Gasteiger partial charge on any atom is -0.396 e. The van der Waals surface area contributed by atoms with Crippen molar-refractivity contribution in [3.63, 3.8) is 0 Å². The molecule has 20 heavy (non-hydrogen) atoms. The van der Waals surface area contributed by atoms with Gasteiger partial charge in [0.05, 0.1) is 23.1 Å². The van der Waals surface area contributed by atoms with E-state index in [1.807, 2.05) is 36.4 Å². The van der Waals surface area contributed by atoms with Crippen LogP contribution in [0.5, 0.6) is 0 Å². The molecule has 0 amide bonds. The molecule has 0 saturated carbocycles. The predicted molar refractivity (Wildman–Crippen MR) is 87.6 cm³/mol. The number of halogens is 1. The molecular formula is C16H14BrN3. The molecule has 3 N–H and O–H groups in total. The number of benzene rings is 2. The Morgan fingerprint density at radius 2 is 1.90 bits per heavy atom. The molecule has 0 radical (unpaired) electrons. The fourth-order valence-corrected chi connectivity index (χ4v) is 2.51. The maximum Gasteiger partial charge on any atom is 0.0743 e. The SMILES string of the molecule is Nc1cnc2cc(Br)ccc2c1NCc1ccccc1. The molecule has 3 rings (SSSR count). The third kappa shape index (κ3) is 2.60. The lowest BCUT2D eigenvalue weighted by Gasteiger charge is -2.12. The molecule has 0 atom stereocenters. The minimum atomic E-state index is 0.663. The number of nitrogens with one attached hydrogen (secondary N) is 1. The largest absolute Gasteiger partial charge is 0.396 e. The molecule has 0 unspecified atom stereocenters. The van der Waals surface area contributed by atoms with Crippen molar-refractivity contribution >= 4 is 38.2 Å². The molecule has 0 bridgehead atoms. The zero-order valence-electron chi connectivity index (χ0n) is 10.8. The van der Waals surface area contributed by atoms with Gasteiger partial charge in [0.15, 0.2) is 0 Å². The number of nitrogens with zero attached hydrogens (tertiary/aromatic N) is 1. The van der Waals surface area contributed by atoms with Crippen LogP contribution in [0.15, 0.2) is 59.2 Å². The van der Waals surface area contributed by atoms with E-state index in [-0.39, 0.29) is 0 Å². The molecule has 4 heteroatoms. The number of nitrogen functional groups attached to an aromatic ring is 1. The van der Waals surface area contributed by atoms with Crippen molar-refractivity contribution in [2.75, 3.05) is 11.1 Å². The van der Waals surface area contributed by atoms with E-state index in [2.05, 4.69) is 38.4 Å². The Hall–Kier alpha value is -2.07. The number of rotatable bonds is 3. The standard InChI is InChI=1S/C16H14BrN3/c17-12-6-7-13-15(8-12)19-10-14(18)16(13)20-9-11-4-2-1-3-5-11/h1-8,10H,9,18H2,(H,19,20). The van der Waals surface area contributed by atoms with Gasteiger partial charge >= 0.3 is 0 Å². The molecule has 0 aliphatic rings. The lowest BCUT2D eigenvalue weighted by molar-refractivity contribution is 1.15. The average molecular weight is 328 g/mol. The second-order valence-corrected chi connectivity index (χ2v) is 5.50. The summed E-state index contributed by atoms with van der Waals surface area (Å²) in [6, 6.07) is 16.3. The number of anilines is 2. The van der Waals surface area contributed by atoms with Crippen molar-refractivity contribution < 1.29 is 0 Å². The fourth-order valence-electron chi connectivity index (χ4n) is 2.17. The van der Waals surface area contributed by atoms with Gasteiger partial charge in [0.1, 0.15) is 0 Å². The van der Waals surface area contributed by atoms with Crippen LogP contribution in [0.2, 0.25) is 0 Å². The van der Waals surface area contributed by atoms with E-state index < -0.39 is 0 Å². The molecule has 0 aliphatic carbocycles. The van der Waals surface area contributed by atoms with Gasteiger partial charge in [-0.15, -0.1) is 0 Å². The zero-order chi connectivity index (χ0) is 13.9. The Bertz CT molecular complexity index is 741. The molecule has 1 aromatic heterocycles. The molecule has 100 valence electrons. The summed E-state index contributed by atoms with van der Waals surface area (Å²) < 4.78 is 1.01. The van der Waals surface area contributed by atoms with E-state index in [1.54, 1.807) is 6.20 Å². The topological polar surface area (TPSA) is 50.9 Å². The van der Waals surface area contributed by atoms with Crippen molar-refractivity contribution in [3.8, 4) is 0 Å². The number of aromatic nitrogens is 1. The van der Waals surface area contributed by atoms with E-state index in [4.69, 9.17) is 5.73 Å². The van der Waals surface area contributed by atoms with Crippen molar-refractivity contribution in [2.24, 2.45) is 0 Å². The molecule has 0 spiro atoms. The summed E-state index contributed by atoms with van der Waals surface area (Å²) in [5, 5.41) is 4.44. The van der Waals surface area contributed by atoms with Crippen molar-refractivity contribution in [2.45, 2.75) is 6.54 Å². The van der Waals surface area contributed by atoms with Crippen LogP contribution in [0.4, 0.5) is 11.4 Å². The number of fused-ring (bicyclic) bond motifs is 1. The zero-order valence-corrected chi connectivity index (χ0v) is 12.4. The van der Waals surface area contributed by atoms with Crippen LogP contribution in [0, 0.1) is 0 Å². The van der Waals surface area contributed by atoms with Crippen LogP contribution in [-0.2, 0) is 6.54 Å². The Labute approximate surface area is 126 Å². The van der Waals surface area contributed by atoms with Crippen molar-refractivity contribution in [1.29, 1.82) is 0 Å². The first-order valence-corrected chi connectivity index (χ1v) is 7.15. The molecular weight excluding hydrogens is 314 g/mol. The number of hydrogen-bond donors (Lipinski definition) is 2. The van der Waals surface area contributed by atoms with Crippen LogP contribution >= 0.6 is 15.9 Å². The molecule has 3 aromatic rings. The summed E-state index contributed by atoms with van der Waals surface area (Å²) in [6.07, 6.45) is 1.70. The Morgan fingerprint density at radius 3 is 2.70 bits per heavy atom. The van der Waals surface area contributed by atoms with Gasteiger partial charge in [-0.1, -0.05) is 46.3 Å². The Morgan fingerprint density at radius 1 is 1.10 bits per heavy atom. The predicted octanol–water partition coefficient (Wildman–Crippen LogP) is 4.19. The summed E-state index contributed by atoms with van der Waals surface area (Å²) in [5.41, 5.74) is 9.79. The molecule has 2 aromatic carbocycles. The first-order chi connectivity index (χ1) is 9.74. The van der Waals surface area contributed by atoms with E-state index in [9.17, 15) is 0 Å². The summed E-state index contributed by atoms with van der Waals surface area (Å²) in [5.74, 6) is 0. The van der Waals surface area contributed by atoms with Gasteiger partial charge in [0.25, 0.3) is 0 Å². The lowest BCUT2D eigenvalue weighted by atomic mass is 10.1. The monoisotopic (exact) mass is 327 g/mol. The van der Waals surface area contributed by atoms with Crippen LogP contribution in [0.1, 0.15) is 5.56 Å². The number of hydrogen-bond acceptors (Lipinski definition) is 3. The number of nitrogens with two attached hydrogens (primary N) is 1. The second kappa shape index (κ2) is 5.51. The Balaban J connectivity index is 1.96. The molecule has 0 fully saturated rings. The highest BCUT2D eigenvalue weighted by Crippen LogP contribution is 2.29. The fraction of sp³-hybridized carbons (Fsp3) is 0.0625. The maximum atomic E-state index is 6.05. The van der Waals surface area contributed by atoms with Crippen LogP contribution in [0.25, 0.3) is 10.9 Å². The van der Waals surface area contributed by atoms with E-state index >= 15 is 0 Å². The van der Waals surface area contributed by atoms with Gasteiger partial charge in [0, 0.05) is 16.4 Å². The minimum absolute atomic E-state index is 0.663. The number of pyridine rings is 1. The smallest absolute Gasteiger partial charge is 0.0743 e. The maximum absolute atomic E-state index is 6.05. The van der Waals surface area contributed by atoms with Gasteiger partial charge in [-0.05, 0) is 23.8 Å². The van der Waals surface area contributed by atoms with E-state index in [0.29, 0.717) is 5.69 Å². The summed E-state index contributed by atoms with van der Waals surface area (Å²) >= 11 is 3.46. The summed E-state index contributed by atoms with van der Waals surface area (Å²) in [7, 11) is 0. The van der Waals surface area contributed by atoms with Crippen molar-refractivity contribution in [1.82, 2.24) is 4.98 Å². The highest BCUT2D eigenvalue weighted by molar-refractivity contribution is 9.10. The third-order valence-electron chi connectivity index (χ3n) is 3.17. The van der Waals surface area contributed by atoms with E-state index in [0.717, 1.165) is 27.6 Å². The van der Waals surface area contributed by atoms with Crippen LogP contribution in [-0.4, -0.2) is 4.98 Å². The highest BCUT2D eigenvalue weighted by atomic mass is 79.9. The highest BCUT2D eigenvalue weighted by Gasteiger charge is 2.06. The average Bonchev–Trinajstić information content (AvgIpc) is 2.47. The lowest BCUT2D eigenvalue weighted by Crippen LogP contribution is -2.03. The van der Waals surface area contributed by atoms with Crippen LogP contribution < -0.4 is 11.1 Å². The summed E-state index contributed by atoms with van der Waals surface area (Å²) in [6.45, 7) is 0.736. The molecule has 0 saturated heterocycles. The quantitative estimate of drug-likeness (QED) is 0.758. The van der Waals surface area contributed by atoms with Gasteiger partial charge < -0.3 is 11.1 Å². The first-order valence-electron chi connectivity index (χ1n) is 6.35. The molecule has 3 nitrogen and oxygen atoms in total. The Kier molecular flexibility index (Phi) is 3.56. The second-order valence-electron chi connectivity index (χ2n) is 4.59. The first kappa shape index (κ1) is 12.9.